The normalized spacial score (nSPS) is 11.9. The van der Waals surface area contributed by atoms with Gasteiger partial charge < -0.3 is 4.98 Å². The summed E-state index contributed by atoms with van der Waals surface area (Å²) in [6.07, 6.45) is 4.82. The van der Waals surface area contributed by atoms with Gasteiger partial charge in [0.2, 0.25) is 0 Å². The van der Waals surface area contributed by atoms with Gasteiger partial charge in [-0.15, -0.1) is 0 Å². The van der Waals surface area contributed by atoms with Gasteiger partial charge in [-0.2, -0.15) is 0 Å². The van der Waals surface area contributed by atoms with E-state index in [1.807, 2.05) is 12.4 Å². The van der Waals surface area contributed by atoms with Crippen molar-refractivity contribution < 1.29 is 0 Å². The van der Waals surface area contributed by atoms with Crippen LogP contribution in [0, 0.1) is 0 Å². The molecule has 0 atom stereocenters. The van der Waals surface area contributed by atoms with Crippen LogP contribution in [0.3, 0.4) is 0 Å². The molecule has 0 amide bonds. The van der Waals surface area contributed by atoms with Crippen molar-refractivity contribution in [3.05, 3.63) is 18.2 Å². The second-order valence-electron chi connectivity index (χ2n) is 4.10. The second kappa shape index (κ2) is 3.22. The lowest BCUT2D eigenvalue weighted by Crippen LogP contribution is -2.20. The van der Waals surface area contributed by atoms with Crippen molar-refractivity contribution in [1.82, 2.24) is 9.97 Å². The third kappa shape index (κ3) is 3.37. The predicted octanol–water partition coefficient (Wildman–Crippen LogP) is 2.29. The standard InChI is InChI=1S/C8H16N2Si/c1-11(2,3)7-4-8-9-5-6-10-8/h5-6H,4,7H2,1-3H3,(H,9,10). The van der Waals surface area contributed by atoms with E-state index < -0.39 is 8.07 Å². The first kappa shape index (κ1) is 8.52. The topological polar surface area (TPSA) is 28.7 Å². The molecule has 3 heteroatoms. The van der Waals surface area contributed by atoms with Gasteiger partial charge in [0, 0.05) is 26.9 Å². The van der Waals surface area contributed by atoms with Crippen LogP contribution in [0.5, 0.6) is 0 Å². The zero-order valence-electron chi connectivity index (χ0n) is 7.52. The maximum Gasteiger partial charge on any atom is 0.105 e. The van der Waals surface area contributed by atoms with E-state index in [1.165, 1.54) is 6.04 Å². The Morgan fingerprint density at radius 3 is 2.64 bits per heavy atom. The third-order valence-electron chi connectivity index (χ3n) is 1.67. The smallest absolute Gasteiger partial charge is 0.105 e. The van der Waals surface area contributed by atoms with E-state index in [1.54, 1.807) is 0 Å². The van der Waals surface area contributed by atoms with Crippen molar-refractivity contribution in [1.29, 1.82) is 0 Å². The van der Waals surface area contributed by atoms with Gasteiger partial charge in [-0.3, -0.25) is 0 Å². The summed E-state index contributed by atoms with van der Waals surface area (Å²) >= 11 is 0. The molecule has 0 aliphatic carbocycles. The Hall–Kier alpha value is -0.573. The maximum absolute atomic E-state index is 4.19. The van der Waals surface area contributed by atoms with Crippen LogP contribution in [-0.2, 0) is 6.42 Å². The van der Waals surface area contributed by atoms with Gasteiger partial charge in [-0.05, 0) is 0 Å². The highest BCUT2D eigenvalue weighted by Gasteiger charge is 2.12. The maximum atomic E-state index is 4.19. The number of H-pyrrole nitrogens is 1. The minimum Gasteiger partial charge on any atom is -0.349 e. The van der Waals surface area contributed by atoms with Gasteiger partial charge in [0.1, 0.15) is 5.82 Å². The molecule has 1 rings (SSSR count). The van der Waals surface area contributed by atoms with Gasteiger partial charge >= 0.3 is 0 Å². The number of aromatic amines is 1. The molecule has 1 aromatic heterocycles. The molecular weight excluding hydrogens is 152 g/mol. The van der Waals surface area contributed by atoms with Crippen molar-refractivity contribution in [2.75, 3.05) is 0 Å². The Bertz CT molecular complexity index is 198. The molecular formula is C8H16N2Si. The van der Waals surface area contributed by atoms with Crippen LogP contribution in [0.1, 0.15) is 5.82 Å². The van der Waals surface area contributed by atoms with Gasteiger partial charge in [-0.25, -0.2) is 4.98 Å². The molecule has 0 aliphatic rings. The molecule has 62 valence electrons. The van der Waals surface area contributed by atoms with Gasteiger partial charge in [0.05, 0.1) is 0 Å². The molecule has 0 saturated heterocycles. The van der Waals surface area contributed by atoms with Crippen LogP contribution in [0.15, 0.2) is 12.4 Å². The fourth-order valence-electron chi connectivity index (χ4n) is 0.928. The lowest BCUT2D eigenvalue weighted by atomic mass is 10.5. The zero-order chi connectivity index (χ0) is 8.32. The first-order valence-corrected chi connectivity index (χ1v) is 7.77. The Labute approximate surface area is 69.1 Å². The van der Waals surface area contributed by atoms with Crippen LogP contribution in [0.25, 0.3) is 0 Å². The highest BCUT2D eigenvalue weighted by Crippen LogP contribution is 2.10. The fraction of sp³-hybridized carbons (Fsp3) is 0.625. The van der Waals surface area contributed by atoms with E-state index in [0.29, 0.717) is 0 Å². The molecule has 1 aromatic rings. The summed E-state index contributed by atoms with van der Waals surface area (Å²) in [5, 5.41) is 0. The van der Waals surface area contributed by atoms with Crippen molar-refractivity contribution in [3.63, 3.8) is 0 Å². The number of nitrogens with zero attached hydrogens (tertiary/aromatic N) is 1. The summed E-state index contributed by atoms with van der Waals surface area (Å²) in [4.78, 5) is 7.31. The predicted molar refractivity (Wildman–Crippen MR) is 50.4 cm³/mol. The summed E-state index contributed by atoms with van der Waals surface area (Å²) < 4.78 is 0. The molecule has 0 spiro atoms. The summed E-state index contributed by atoms with van der Waals surface area (Å²) in [7, 11) is -0.873. The molecule has 11 heavy (non-hydrogen) atoms. The molecule has 0 bridgehead atoms. The van der Waals surface area contributed by atoms with Gasteiger partial charge in [-0.1, -0.05) is 25.7 Å². The SMILES string of the molecule is C[Si](C)(C)CCc1ncc[nH]1. The number of imidazole rings is 1. The van der Waals surface area contributed by atoms with Crippen LogP contribution >= 0.6 is 0 Å². The monoisotopic (exact) mass is 168 g/mol. The van der Waals surface area contributed by atoms with Gasteiger partial charge in [0.15, 0.2) is 0 Å². The number of nitrogens with one attached hydrogen (secondary N) is 1. The molecule has 1 N–H and O–H groups in total. The van der Waals surface area contributed by atoms with Crippen molar-refractivity contribution in [2.24, 2.45) is 0 Å². The van der Waals surface area contributed by atoms with E-state index in [-0.39, 0.29) is 0 Å². The van der Waals surface area contributed by atoms with Crippen molar-refractivity contribution >= 4 is 8.07 Å². The summed E-state index contributed by atoms with van der Waals surface area (Å²) in [6.45, 7) is 7.15. The largest absolute Gasteiger partial charge is 0.349 e. The summed E-state index contributed by atoms with van der Waals surface area (Å²) in [5.41, 5.74) is 0. The van der Waals surface area contributed by atoms with E-state index in [9.17, 15) is 0 Å². The lowest BCUT2D eigenvalue weighted by molar-refractivity contribution is 0.968. The van der Waals surface area contributed by atoms with Crippen LogP contribution in [0.2, 0.25) is 25.7 Å². The average molecular weight is 168 g/mol. The quantitative estimate of drug-likeness (QED) is 0.689. The second-order valence-corrected chi connectivity index (χ2v) is 9.72. The number of aryl methyl sites for hydroxylation is 1. The van der Waals surface area contributed by atoms with Gasteiger partial charge in [0.25, 0.3) is 0 Å². The molecule has 1 heterocycles. The van der Waals surface area contributed by atoms with E-state index >= 15 is 0 Å². The first-order chi connectivity index (χ1) is 5.08. The average Bonchev–Trinajstić information content (AvgIpc) is 2.32. The number of aromatic nitrogens is 2. The molecule has 0 radical (unpaired) electrons. The highest BCUT2D eigenvalue weighted by molar-refractivity contribution is 6.76. The molecule has 0 aromatic carbocycles. The number of hydrogen-bond donors (Lipinski definition) is 1. The first-order valence-electron chi connectivity index (χ1n) is 4.06. The van der Waals surface area contributed by atoms with Crippen LogP contribution < -0.4 is 0 Å². The molecule has 0 unspecified atom stereocenters. The van der Waals surface area contributed by atoms with Crippen LogP contribution in [0.4, 0.5) is 0 Å². The Balaban J connectivity index is 2.35. The lowest BCUT2D eigenvalue weighted by Gasteiger charge is -2.13. The number of rotatable bonds is 3. The zero-order valence-corrected chi connectivity index (χ0v) is 8.52. The number of hydrogen-bond acceptors (Lipinski definition) is 1. The Morgan fingerprint density at radius 1 is 1.45 bits per heavy atom. The molecule has 0 saturated carbocycles. The van der Waals surface area contributed by atoms with Crippen LogP contribution in [-0.4, -0.2) is 18.0 Å². The van der Waals surface area contributed by atoms with E-state index in [2.05, 4.69) is 29.6 Å². The summed E-state index contributed by atoms with van der Waals surface area (Å²) in [5.74, 6) is 1.13. The summed E-state index contributed by atoms with van der Waals surface area (Å²) in [6, 6.07) is 1.32. The van der Waals surface area contributed by atoms with Crippen molar-refractivity contribution in [3.8, 4) is 0 Å². The minimum absolute atomic E-state index is 0.873. The minimum atomic E-state index is -0.873. The highest BCUT2D eigenvalue weighted by atomic mass is 28.3. The fourth-order valence-corrected chi connectivity index (χ4v) is 1.91. The van der Waals surface area contributed by atoms with Crippen molar-refractivity contribution in [2.45, 2.75) is 32.1 Å². The molecule has 2 nitrogen and oxygen atoms in total. The third-order valence-corrected chi connectivity index (χ3v) is 3.42. The molecule has 0 aliphatic heterocycles. The Kier molecular flexibility index (Phi) is 2.49. The molecule has 0 fully saturated rings. The van der Waals surface area contributed by atoms with E-state index in [4.69, 9.17) is 0 Å². The Morgan fingerprint density at radius 2 is 2.18 bits per heavy atom. The van der Waals surface area contributed by atoms with E-state index in [0.717, 1.165) is 12.2 Å².